The van der Waals surface area contributed by atoms with E-state index in [1.807, 2.05) is 6.92 Å². The van der Waals surface area contributed by atoms with E-state index >= 15 is 0 Å². The Morgan fingerprint density at radius 2 is 1.75 bits per heavy atom. The van der Waals surface area contributed by atoms with Gasteiger partial charge in [0.25, 0.3) is 0 Å². The number of halogens is 1. The largest absolute Gasteiger partial charge is 0.355 e. The molecule has 0 N–H and O–H groups in total. The van der Waals surface area contributed by atoms with E-state index in [4.69, 9.17) is 11.6 Å². The van der Waals surface area contributed by atoms with Gasteiger partial charge in [-0.3, -0.25) is 0 Å². The third-order valence-corrected chi connectivity index (χ3v) is 3.88. The SMILES string of the molecule is Cc1c(Cl)nnc(N2CCC(C)CC2)c1C. The Bertz CT molecular complexity index is 384. The molecule has 4 heteroatoms. The lowest BCUT2D eigenvalue weighted by Crippen LogP contribution is -2.34. The van der Waals surface area contributed by atoms with Crippen molar-refractivity contribution in [2.75, 3.05) is 18.0 Å². The van der Waals surface area contributed by atoms with Gasteiger partial charge in [-0.25, -0.2) is 0 Å². The van der Waals surface area contributed by atoms with Crippen LogP contribution in [0.2, 0.25) is 5.15 Å². The summed E-state index contributed by atoms with van der Waals surface area (Å²) in [6.45, 7) is 8.55. The van der Waals surface area contributed by atoms with Crippen molar-refractivity contribution < 1.29 is 0 Å². The first-order chi connectivity index (χ1) is 7.59. The number of anilines is 1. The van der Waals surface area contributed by atoms with Crippen LogP contribution in [0.5, 0.6) is 0 Å². The Balaban J connectivity index is 2.24. The molecule has 16 heavy (non-hydrogen) atoms. The highest BCUT2D eigenvalue weighted by molar-refractivity contribution is 6.30. The first-order valence-electron chi connectivity index (χ1n) is 5.84. The highest BCUT2D eigenvalue weighted by atomic mass is 35.5. The smallest absolute Gasteiger partial charge is 0.155 e. The first-order valence-corrected chi connectivity index (χ1v) is 6.21. The van der Waals surface area contributed by atoms with Crippen molar-refractivity contribution in [1.82, 2.24) is 10.2 Å². The summed E-state index contributed by atoms with van der Waals surface area (Å²) in [5.41, 5.74) is 2.21. The number of nitrogens with zero attached hydrogens (tertiary/aromatic N) is 3. The Labute approximate surface area is 102 Å². The number of piperidine rings is 1. The van der Waals surface area contributed by atoms with Crippen molar-refractivity contribution in [1.29, 1.82) is 0 Å². The molecule has 0 amide bonds. The van der Waals surface area contributed by atoms with Crippen molar-refractivity contribution in [2.24, 2.45) is 5.92 Å². The van der Waals surface area contributed by atoms with E-state index in [-0.39, 0.29) is 0 Å². The zero-order valence-electron chi connectivity index (χ0n) is 10.1. The molecule has 88 valence electrons. The van der Waals surface area contributed by atoms with Crippen LogP contribution in [-0.4, -0.2) is 23.3 Å². The van der Waals surface area contributed by atoms with Crippen LogP contribution in [0.15, 0.2) is 0 Å². The maximum Gasteiger partial charge on any atom is 0.155 e. The summed E-state index contributed by atoms with van der Waals surface area (Å²) in [6, 6.07) is 0. The maximum absolute atomic E-state index is 5.96. The van der Waals surface area contributed by atoms with Gasteiger partial charge in [-0.1, -0.05) is 18.5 Å². The Hall–Kier alpha value is -0.830. The molecule has 1 aromatic rings. The number of aromatic nitrogens is 2. The average molecular weight is 240 g/mol. The van der Waals surface area contributed by atoms with Crippen LogP contribution in [0, 0.1) is 19.8 Å². The summed E-state index contributed by atoms with van der Waals surface area (Å²) in [5.74, 6) is 1.84. The third-order valence-electron chi connectivity index (χ3n) is 3.52. The molecule has 0 radical (unpaired) electrons. The van der Waals surface area contributed by atoms with Crippen molar-refractivity contribution in [3.8, 4) is 0 Å². The fourth-order valence-electron chi connectivity index (χ4n) is 2.08. The van der Waals surface area contributed by atoms with E-state index in [9.17, 15) is 0 Å². The van der Waals surface area contributed by atoms with Crippen molar-refractivity contribution in [3.05, 3.63) is 16.3 Å². The summed E-state index contributed by atoms with van der Waals surface area (Å²) in [6.07, 6.45) is 2.48. The van der Waals surface area contributed by atoms with Gasteiger partial charge in [0.2, 0.25) is 0 Å². The first kappa shape index (κ1) is 11.6. The lowest BCUT2D eigenvalue weighted by molar-refractivity contribution is 0.435. The van der Waals surface area contributed by atoms with Gasteiger partial charge in [-0.05, 0) is 43.7 Å². The highest BCUT2D eigenvalue weighted by Crippen LogP contribution is 2.27. The molecule has 2 rings (SSSR count). The van der Waals surface area contributed by atoms with Gasteiger partial charge in [0, 0.05) is 13.1 Å². The van der Waals surface area contributed by atoms with Crippen LogP contribution in [0.3, 0.4) is 0 Å². The topological polar surface area (TPSA) is 29.0 Å². The fourth-order valence-corrected chi connectivity index (χ4v) is 2.26. The van der Waals surface area contributed by atoms with E-state index < -0.39 is 0 Å². The number of hydrogen-bond donors (Lipinski definition) is 0. The Morgan fingerprint density at radius 1 is 1.12 bits per heavy atom. The number of hydrogen-bond acceptors (Lipinski definition) is 3. The highest BCUT2D eigenvalue weighted by Gasteiger charge is 2.20. The normalized spacial score (nSPS) is 17.9. The van der Waals surface area contributed by atoms with E-state index in [1.165, 1.54) is 12.8 Å². The van der Waals surface area contributed by atoms with Gasteiger partial charge >= 0.3 is 0 Å². The lowest BCUT2D eigenvalue weighted by Gasteiger charge is -2.32. The molecule has 0 aliphatic carbocycles. The van der Waals surface area contributed by atoms with Gasteiger partial charge in [0.1, 0.15) is 0 Å². The van der Waals surface area contributed by atoms with E-state index in [1.54, 1.807) is 0 Å². The minimum Gasteiger partial charge on any atom is -0.355 e. The predicted molar refractivity (Wildman–Crippen MR) is 67.1 cm³/mol. The van der Waals surface area contributed by atoms with Crippen LogP contribution in [0.25, 0.3) is 0 Å². The molecule has 0 atom stereocenters. The molecule has 0 spiro atoms. The van der Waals surface area contributed by atoms with Crippen LogP contribution < -0.4 is 4.90 Å². The summed E-state index contributed by atoms with van der Waals surface area (Å²) >= 11 is 5.96. The maximum atomic E-state index is 5.96. The van der Waals surface area contributed by atoms with Crippen LogP contribution >= 0.6 is 11.6 Å². The van der Waals surface area contributed by atoms with Gasteiger partial charge in [-0.15, -0.1) is 10.2 Å². The molecule has 0 saturated carbocycles. The van der Waals surface area contributed by atoms with Crippen molar-refractivity contribution >= 4 is 17.4 Å². The van der Waals surface area contributed by atoms with Crippen LogP contribution in [0.4, 0.5) is 5.82 Å². The van der Waals surface area contributed by atoms with Crippen LogP contribution in [-0.2, 0) is 0 Å². The van der Waals surface area contributed by atoms with Gasteiger partial charge in [0.05, 0.1) is 0 Å². The second-order valence-corrected chi connectivity index (χ2v) is 5.09. The second-order valence-electron chi connectivity index (χ2n) is 4.73. The second kappa shape index (κ2) is 4.58. The molecule has 1 aromatic heterocycles. The summed E-state index contributed by atoms with van der Waals surface area (Å²) in [4.78, 5) is 2.33. The average Bonchev–Trinajstić information content (AvgIpc) is 2.28. The fraction of sp³-hybridized carbons (Fsp3) is 0.667. The number of rotatable bonds is 1. The molecule has 2 heterocycles. The minimum atomic E-state index is 0.520. The van der Waals surface area contributed by atoms with Gasteiger partial charge in [0.15, 0.2) is 11.0 Å². The summed E-state index contributed by atoms with van der Waals surface area (Å²) in [5, 5.41) is 8.76. The predicted octanol–water partition coefficient (Wildman–Crippen LogP) is 2.98. The summed E-state index contributed by atoms with van der Waals surface area (Å²) in [7, 11) is 0. The van der Waals surface area contributed by atoms with E-state index in [0.29, 0.717) is 5.15 Å². The molecule has 0 aromatic carbocycles. The third kappa shape index (κ3) is 2.14. The zero-order chi connectivity index (χ0) is 11.7. The van der Waals surface area contributed by atoms with Crippen molar-refractivity contribution in [3.63, 3.8) is 0 Å². The van der Waals surface area contributed by atoms with Gasteiger partial charge in [-0.2, -0.15) is 0 Å². The zero-order valence-corrected chi connectivity index (χ0v) is 10.9. The molecule has 0 unspecified atom stereocenters. The molecular weight excluding hydrogens is 222 g/mol. The quantitative estimate of drug-likeness (QED) is 0.755. The molecule has 1 aliphatic rings. The molecule has 3 nitrogen and oxygen atoms in total. The van der Waals surface area contributed by atoms with E-state index in [2.05, 4.69) is 28.9 Å². The van der Waals surface area contributed by atoms with E-state index in [0.717, 1.165) is 36.0 Å². The molecular formula is C12H18ClN3. The Kier molecular flexibility index (Phi) is 3.33. The van der Waals surface area contributed by atoms with Crippen molar-refractivity contribution in [2.45, 2.75) is 33.6 Å². The lowest BCUT2D eigenvalue weighted by atomic mass is 9.99. The monoisotopic (exact) mass is 239 g/mol. The molecule has 1 saturated heterocycles. The molecule has 1 aliphatic heterocycles. The Morgan fingerprint density at radius 3 is 2.38 bits per heavy atom. The molecule has 0 bridgehead atoms. The minimum absolute atomic E-state index is 0.520. The van der Waals surface area contributed by atoms with Crippen LogP contribution in [0.1, 0.15) is 30.9 Å². The standard InChI is InChI=1S/C12H18ClN3/c1-8-4-6-16(7-5-8)12-10(3)9(2)11(13)14-15-12/h8H,4-7H2,1-3H3. The summed E-state index contributed by atoms with van der Waals surface area (Å²) < 4.78 is 0. The van der Waals surface area contributed by atoms with Gasteiger partial charge < -0.3 is 4.90 Å². The molecule has 1 fully saturated rings.